The van der Waals surface area contributed by atoms with E-state index in [-0.39, 0.29) is 24.3 Å². The Labute approximate surface area is 219 Å². The quantitative estimate of drug-likeness (QED) is 0.122. The van der Waals surface area contributed by atoms with Crippen LogP contribution in [0.15, 0.2) is 59.6 Å². The maximum absolute atomic E-state index is 13.4. The molecule has 2 amide bonds. The van der Waals surface area contributed by atoms with Crippen LogP contribution in [-0.2, 0) is 16.1 Å². The fourth-order valence-electron chi connectivity index (χ4n) is 3.59. The second kappa shape index (κ2) is 13.4. The van der Waals surface area contributed by atoms with Crippen molar-refractivity contribution in [3.05, 3.63) is 65.2 Å². The van der Waals surface area contributed by atoms with Gasteiger partial charge in [0.15, 0.2) is 11.0 Å². The molecule has 3 rings (SSSR count). The number of carbonyl (C=O) groups is 3. The molecule has 0 spiro atoms. The van der Waals surface area contributed by atoms with Gasteiger partial charge in [0.05, 0.1) is 16.3 Å². The molecule has 0 fully saturated rings. The van der Waals surface area contributed by atoms with E-state index in [0.717, 1.165) is 10.3 Å². The molecule has 1 aromatic heterocycles. The molecule has 10 nitrogen and oxygen atoms in total. The van der Waals surface area contributed by atoms with Crippen molar-refractivity contribution in [3.8, 4) is 0 Å². The maximum atomic E-state index is 13.4. The number of guanidine groups is 1. The maximum Gasteiger partial charge on any atom is 0.408 e. The number of Topliss-reactive ketones (excluding diaryl/α,β-unsaturated/α-hetero) is 1. The molecule has 0 radical (unpaired) electrons. The van der Waals surface area contributed by atoms with Crippen LogP contribution in [0.5, 0.6) is 0 Å². The van der Waals surface area contributed by atoms with Crippen LogP contribution in [-0.4, -0.2) is 47.4 Å². The normalized spacial score (nSPS) is 12.5. The number of carbonyl (C=O) groups excluding carboxylic acids is 3. The van der Waals surface area contributed by atoms with E-state index in [9.17, 15) is 14.4 Å². The molecular weight excluding hydrogens is 492 g/mol. The monoisotopic (exact) mass is 524 g/mol. The van der Waals surface area contributed by atoms with Gasteiger partial charge in [-0.05, 0) is 36.5 Å². The van der Waals surface area contributed by atoms with Gasteiger partial charge in [0.25, 0.3) is 0 Å². The van der Waals surface area contributed by atoms with Crippen LogP contribution in [0.1, 0.15) is 42.1 Å². The number of para-hydroxylation sites is 1. The first-order valence-corrected chi connectivity index (χ1v) is 12.8. The van der Waals surface area contributed by atoms with Crippen LogP contribution in [0.3, 0.4) is 0 Å². The highest BCUT2D eigenvalue weighted by molar-refractivity contribution is 7.20. The molecule has 37 heavy (non-hydrogen) atoms. The summed E-state index contributed by atoms with van der Waals surface area (Å²) < 4.78 is 6.15. The molecule has 2 aromatic carbocycles. The zero-order valence-electron chi connectivity index (χ0n) is 20.8. The number of benzene rings is 2. The molecule has 0 saturated heterocycles. The number of aromatic nitrogens is 1. The molecule has 0 aliphatic carbocycles. The van der Waals surface area contributed by atoms with Gasteiger partial charge in [-0.2, -0.15) is 0 Å². The molecule has 3 aromatic rings. The molecule has 6 N–H and O–H groups in total. The Kier molecular flexibility index (Phi) is 9.96. The van der Waals surface area contributed by atoms with Crippen molar-refractivity contribution in [1.29, 1.82) is 0 Å². The van der Waals surface area contributed by atoms with E-state index in [4.69, 9.17) is 16.2 Å². The lowest BCUT2D eigenvalue weighted by atomic mass is 10.0. The molecule has 196 valence electrons. The zero-order valence-corrected chi connectivity index (χ0v) is 21.7. The van der Waals surface area contributed by atoms with Gasteiger partial charge in [-0.15, -0.1) is 11.3 Å². The number of hydrogen-bond donors (Lipinski definition) is 4. The smallest absolute Gasteiger partial charge is 0.408 e. The van der Waals surface area contributed by atoms with Gasteiger partial charge in [-0.3, -0.25) is 14.6 Å². The highest BCUT2D eigenvalue weighted by atomic mass is 32.1. The fraction of sp³-hybridized carbons (Fsp3) is 0.346. The van der Waals surface area contributed by atoms with Gasteiger partial charge in [0.1, 0.15) is 12.6 Å². The SMILES string of the molecule is CC(C)[C@H](NC(=O)OCc1ccccc1)C(=O)N[C@@H](CCCN=C(N)N)C(=O)c1nc2ccccc2s1. The second-order valence-corrected chi connectivity index (χ2v) is 9.82. The molecule has 0 saturated carbocycles. The number of hydrogen-bond acceptors (Lipinski definition) is 7. The molecule has 0 bridgehead atoms. The number of aliphatic imine (C=N–C) groups is 1. The summed E-state index contributed by atoms with van der Waals surface area (Å²) in [6, 6.07) is 14.9. The van der Waals surface area contributed by atoms with E-state index in [2.05, 4.69) is 20.6 Å². The van der Waals surface area contributed by atoms with Crippen LogP contribution < -0.4 is 22.1 Å². The predicted octanol–water partition coefficient (Wildman–Crippen LogP) is 2.97. The summed E-state index contributed by atoms with van der Waals surface area (Å²) in [5, 5.41) is 5.72. The van der Waals surface area contributed by atoms with Crippen molar-refractivity contribution in [3.63, 3.8) is 0 Å². The Morgan fingerprint density at radius 3 is 2.41 bits per heavy atom. The average Bonchev–Trinajstić information content (AvgIpc) is 3.32. The second-order valence-electron chi connectivity index (χ2n) is 8.79. The van der Waals surface area contributed by atoms with Gasteiger partial charge in [-0.1, -0.05) is 56.3 Å². The first-order valence-electron chi connectivity index (χ1n) is 12.0. The number of nitrogens with two attached hydrogens (primary N) is 2. The lowest BCUT2D eigenvalue weighted by Crippen LogP contribution is -2.53. The Morgan fingerprint density at radius 2 is 1.73 bits per heavy atom. The largest absolute Gasteiger partial charge is 0.445 e. The highest BCUT2D eigenvalue weighted by Gasteiger charge is 2.30. The summed E-state index contributed by atoms with van der Waals surface area (Å²) in [4.78, 5) is 47.4. The number of rotatable bonds is 12. The molecule has 2 atom stereocenters. The van der Waals surface area contributed by atoms with Crippen molar-refractivity contribution >= 4 is 45.3 Å². The standard InChI is InChI=1S/C26H32N6O4S/c1-16(2)21(32-26(35)36-15-17-9-4-3-5-10-17)23(34)30-19(12-8-14-29-25(27)28)22(33)24-31-18-11-6-7-13-20(18)37-24/h3-7,9-11,13,16,19,21H,8,12,14-15H2,1-2H3,(H,30,34)(H,32,35)(H4,27,28,29)/t19-,21-/m0/s1. The number of fused-ring (bicyclic) bond motifs is 1. The van der Waals surface area contributed by atoms with Crippen molar-refractivity contribution in [2.75, 3.05) is 6.54 Å². The van der Waals surface area contributed by atoms with Crippen molar-refractivity contribution in [2.24, 2.45) is 22.4 Å². The number of nitrogens with zero attached hydrogens (tertiary/aromatic N) is 2. The minimum absolute atomic E-state index is 0.0452. The van der Waals surface area contributed by atoms with Crippen molar-refractivity contribution in [1.82, 2.24) is 15.6 Å². The molecular formula is C26H32N6O4S. The average molecular weight is 525 g/mol. The Bertz CT molecular complexity index is 1210. The van der Waals surface area contributed by atoms with E-state index in [1.165, 1.54) is 11.3 Å². The fourth-order valence-corrected chi connectivity index (χ4v) is 4.55. The van der Waals surface area contributed by atoms with Gasteiger partial charge < -0.3 is 26.8 Å². The Hall–Kier alpha value is -3.99. The summed E-state index contributed by atoms with van der Waals surface area (Å²) in [6.07, 6.45) is 0.0263. The van der Waals surface area contributed by atoms with Crippen molar-refractivity contribution < 1.29 is 19.1 Å². The molecule has 0 aliphatic rings. The van der Waals surface area contributed by atoms with Crippen LogP contribution in [0.25, 0.3) is 10.2 Å². The van der Waals surface area contributed by atoms with Crippen LogP contribution in [0.4, 0.5) is 4.79 Å². The minimum Gasteiger partial charge on any atom is -0.445 e. The molecule has 0 unspecified atom stereocenters. The number of thiazole rings is 1. The summed E-state index contributed by atoms with van der Waals surface area (Å²) in [5.74, 6) is -1.11. The first-order chi connectivity index (χ1) is 17.7. The van der Waals surface area contributed by atoms with Gasteiger partial charge in [-0.25, -0.2) is 9.78 Å². The summed E-state index contributed by atoms with van der Waals surface area (Å²) in [7, 11) is 0. The number of nitrogens with one attached hydrogen (secondary N) is 2. The van der Waals surface area contributed by atoms with Crippen LogP contribution in [0.2, 0.25) is 0 Å². The number of alkyl carbamates (subject to hydrolysis) is 1. The Morgan fingerprint density at radius 1 is 1.03 bits per heavy atom. The van der Waals surface area contributed by atoms with Crippen LogP contribution >= 0.6 is 11.3 Å². The van der Waals surface area contributed by atoms with Gasteiger partial charge in [0, 0.05) is 6.54 Å². The summed E-state index contributed by atoms with van der Waals surface area (Å²) in [5.41, 5.74) is 12.3. The van der Waals surface area contributed by atoms with E-state index in [1.54, 1.807) is 13.8 Å². The topological polar surface area (TPSA) is 162 Å². The lowest BCUT2D eigenvalue weighted by Gasteiger charge is -2.24. The van der Waals surface area contributed by atoms with E-state index in [1.807, 2.05) is 54.6 Å². The van der Waals surface area contributed by atoms with E-state index >= 15 is 0 Å². The van der Waals surface area contributed by atoms with Crippen LogP contribution in [0, 0.1) is 5.92 Å². The third kappa shape index (κ3) is 8.28. The highest BCUT2D eigenvalue weighted by Crippen LogP contribution is 2.23. The van der Waals surface area contributed by atoms with E-state index < -0.39 is 24.1 Å². The summed E-state index contributed by atoms with van der Waals surface area (Å²) >= 11 is 1.27. The third-order valence-electron chi connectivity index (χ3n) is 5.52. The number of ketones is 1. The molecule has 0 aliphatic heterocycles. The first kappa shape index (κ1) is 27.6. The number of amides is 2. The predicted molar refractivity (Wildman–Crippen MR) is 144 cm³/mol. The minimum atomic E-state index is -0.911. The zero-order chi connectivity index (χ0) is 26.8. The molecule has 1 heterocycles. The molecule has 11 heteroatoms. The summed E-state index contributed by atoms with van der Waals surface area (Å²) in [6.45, 7) is 3.97. The Balaban J connectivity index is 1.70. The van der Waals surface area contributed by atoms with Crippen molar-refractivity contribution in [2.45, 2.75) is 45.4 Å². The van der Waals surface area contributed by atoms with Gasteiger partial charge in [0.2, 0.25) is 11.7 Å². The number of ether oxygens (including phenoxy) is 1. The lowest BCUT2D eigenvalue weighted by molar-refractivity contribution is -0.124. The van der Waals surface area contributed by atoms with E-state index in [0.29, 0.717) is 29.9 Å². The van der Waals surface area contributed by atoms with Gasteiger partial charge >= 0.3 is 6.09 Å². The third-order valence-corrected chi connectivity index (χ3v) is 6.57.